The highest BCUT2D eigenvalue weighted by atomic mass is 32.2. The number of aromatic amines is 1. The molecule has 0 bridgehead atoms. The smallest absolute Gasteiger partial charge is 0.252 e. The molecule has 0 atom stereocenters. The van der Waals surface area contributed by atoms with Gasteiger partial charge in [-0.15, -0.1) is 10.2 Å². The average Bonchev–Trinajstić information content (AvgIpc) is 2.95. The molecule has 1 N–H and O–H groups in total. The largest absolute Gasteiger partial charge is 0.378 e. The van der Waals surface area contributed by atoms with Crippen LogP contribution in [0.1, 0.15) is 12.6 Å². The maximum Gasteiger partial charge on any atom is 0.252 e. The molecular formula is C13H17N5O3S. The van der Waals surface area contributed by atoms with Crippen LogP contribution in [0.3, 0.4) is 0 Å². The molecule has 0 spiro atoms. The standard InChI is InChI=1S/C13H17N5O3S/c1-2-9-7-10(19)14-12-15-16-13(18(9)12)22-8-11(20)17-3-5-21-6-4-17/h7H,2-6,8H2,1H3,(H,14,15,19). The molecule has 1 aliphatic rings. The fraction of sp³-hybridized carbons (Fsp3) is 0.538. The third-order valence-electron chi connectivity index (χ3n) is 3.50. The van der Waals surface area contributed by atoms with Gasteiger partial charge in [-0.1, -0.05) is 18.7 Å². The summed E-state index contributed by atoms with van der Waals surface area (Å²) in [6.45, 7) is 4.40. The number of carbonyl (C=O) groups is 1. The summed E-state index contributed by atoms with van der Waals surface area (Å²) in [5, 5.41) is 8.66. The normalized spacial score (nSPS) is 15.4. The lowest BCUT2D eigenvalue weighted by Gasteiger charge is -2.26. The van der Waals surface area contributed by atoms with E-state index < -0.39 is 0 Å². The fourth-order valence-electron chi connectivity index (χ4n) is 2.36. The van der Waals surface area contributed by atoms with Crippen LogP contribution in [0.15, 0.2) is 16.0 Å². The minimum atomic E-state index is -0.197. The number of carbonyl (C=O) groups excluding carboxylic acids is 1. The minimum absolute atomic E-state index is 0.0625. The van der Waals surface area contributed by atoms with Gasteiger partial charge in [-0.25, -0.2) is 0 Å². The number of amides is 1. The minimum Gasteiger partial charge on any atom is -0.378 e. The van der Waals surface area contributed by atoms with Crippen LogP contribution in [0.25, 0.3) is 5.78 Å². The van der Waals surface area contributed by atoms with Crippen molar-refractivity contribution < 1.29 is 9.53 Å². The summed E-state index contributed by atoms with van der Waals surface area (Å²) < 4.78 is 7.03. The first-order valence-corrected chi connectivity index (χ1v) is 8.13. The van der Waals surface area contributed by atoms with Crippen LogP contribution in [0.5, 0.6) is 0 Å². The molecule has 0 saturated carbocycles. The molecule has 1 fully saturated rings. The number of rotatable bonds is 4. The van der Waals surface area contributed by atoms with Gasteiger partial charge in [-0.3, -0.25) is 19.0 Å². The number of hydrogen-bond acceptors (Lipinski definition) is 6. The van der Waals surface area contributed by atoms with Crippen molar-refractivity contribution in [2.75, 3.05) is 32.1 Å². The summed E-state index contributed by atoms with van der Waals surface area (Å²) in [5.74, 6) is 0.765. The van der Waals surface area contributed by atoms with Crippen molar-refractivity contribution in [3.8, 4) is 0 Å². The molecule has 3 heterocycles. The lowest BCUT2D eigenvalue weighted by Crippen LogP contribution is -2.41. The van der Waals surface area contributed by atoms with Crippen molar-refractivity contribution in [2.45, 2.75) is 18.5 Å². The van der Waals surface area contributed by atoms with Crippen LogP contribution in [-0.4, -0.2) is 62.4 Å². The van der Waals surface area contributed by atoms with E-state index in [1.165, 1.54) is 17.8 Å². The zero-order chi connectivity index (χ0) is 15.5. The highest BCUT2D eigenvalue weighted by Crippen LogP contribution is 2.18. The number of aromatic nitrogens is 4. The molecule has 1 amide bonds. The summed E-state index contributed by atoms with van der Waals surface area (Å²) in [6, 6.07) is 1.53. The Kier molecular flexibility index (Phi) is 4.44. The number of aryl methyl sites for hydroxylation is 1. The van der Waals surface area contributed by atoms with Gasteiger partial charge in [-0.05, 0) is 6.42 Å². The van der Waals surface area contributed by atoms with Crippen molar-refractivity contribution in [2.24, 2.45) is 0 Å². The summed E-state index contributed by atoms with van der Waals surface area (Å²) in [5.41, 5.74) is 0.628. The number of ether oxygens (including phenoxy) is 1. The van der Waals surface area contributed by atoms with Gasteiger partial charge in [0.2, 0.25) is 11.7 Å². The van der Waals surface area contributed by atoms with Crippen LogP contribution in [0.2, 0.25) is 0 Å². The topological polar surface area (TPSA) is 92.6 Å². The van der Waals surface area contributed by atoms with Crippen molar-refractivity contribution in [3.63, 3.8) is 0 Å². The first-order chi connectivity index (χ1) is 10.7. The molecule has 0 aromatic carbocycles. The number of nitrogens with zero attached hydrogens (tertiary/aromatic N) is 4. The van der Waals surface area contributed by atoms with Crippen molar-refractivity contribution >= 4 is 23.4 Å². The van der Waals surface area contributed by atoms with Crippen molar-refractivity contribution in [1.82, 2.24) is 24.5 Å². The number of H-pyrrole nitrogens is 1. The van der Waals surface area contributed by atoms with E-state index in [4.69, 9.17) is 4.74 Å². The van der Waals surface area contributed by atoms with E-state index in [0.717, 1.165) is 5.69 Å². The predicted octanol–water partition coefficient (Wildman–Crippen LogP) is -0.0691. The van der Waals surface area contributed by atoms with Crippen LogP contribution in [0, 0.1) is 0 Å². The monoisotopic (exact) mass is 323 g/mol. The van der Waals surface area contributed by atoms with Crippen LogP contribution < -0.4 is 5.56 Å². The molecule has 0 aliphatic carbocycles. The number of thioether (sulfide) groups is 1. The van der Waals surface area contributed by atoms with Gasteiger partial charge in [0.1, 0.15) is 0 Å². The number of nitrogens with one attached hydrogen (secondary N) is 1. The Hall–Kier alpha value is -1.87. The quantitative estimate of drug-likeness (QED) is 0.792. The lowest BCUT2D eigenvalue weighted by atomic mass is 10.3. The first kappa shape index (κ1) is 15.0. The van der Waals surface area contributed by atoms with Crippen LogP contribution in [-0.2, 0) is 16.0 Å². The number of fused-ring (bicyclic) bond motifs is 1. The van der Waals surface area contributed by atoms with Crippen molar-refractivity contribution in [3.05, 3.63) is 22.1 Å². The van der Waals surface area contributed by atoms with E-state index in [1.807, 2.05) is 6.92 Å². The van der Waals surface area contributed by atoms with Gasteiger partial charge in [0, 0.05) is 24.8 Å². The Bertz CT molecular complexity index is 735. The molecular weight excluding hydrogens is 306 g/mol. The Morgan fingerprint density at radius 2 is 2.18 bits per heavy atom. The van der Waals surface area contributed by atoms with E-state index >= 15 is 0 Å². The number of hydrogen-bond donors (Lipinski definition) is 1. The maximum atomic E-state index is 12.2. The van der Waals surface area contributed by atoms with Crippen molar-refractivity contribution in [1.29, 1.82) is 0 Å². The molecule has 0 radical (unpaired) electrons. The number of morpholine rings is 1. The third-order valence-corrected chi connectivity index (χ3v) is 4.42. The van der Waals surface area contributed by atoms with E-state index in [9.17, 15) is 9.59 Å². The molecule has 2 aromatic rings. The molecule has 0 unspecified atom stereocenters. The molecule has 118 valence electrons. The summed E-state index contributed by atoms with van der Waals surface area (Å²) >= 11 is 1.33. The van der Waals surface area contributed by atoms with Gasteiger partial charge in [0.05, 0.1) is 19.0 Å². The highest BCUT2D eigenvalue weighted by molar-refractivity contribution is 7.99. The Balaban J connectivity index is 1.76. The third kappa shape index (κ3) is 3.00. The molecule has 8 nitrogen and oxygen atoms in total. The average molecular weight is 323 g/mol. The maximum absolute atomic E-state index is 12.2. The van der Waals surface area contributed by atoms with E-state index in [2.05, 4.69) is 15.2 Å². The molecule has 9 heteroatoms. The second kappa shape index (κ2) is 6.49. The fourth-order valence-corrected chi connectivity index (χ4v) is 3.22. The van der Waals surface area contributed by atoms with Crippen LogP contribution in [0.4, 0.5) is 0 Å². The van der Waals surface area contributed by atoms with E-state index in [0.29, 0.717) is 49.4 Å². The van der Waals surface area contributed by atoms with E-state index in [1.54, 1.807) is 9.30 Å². The predicted molar refractivity (Wildman–Crippen MR) is 81.1 cm³/mol. The zero-order valence-electron chi connectivity index (χ0n) is 12.2. The molecule has 2 aromatic heterocycles. The van der Waals surface area contributed by atoms with Gasteiger partial charge in [0.15, 0.2) is 5.16 Å². The molecule has 1 saturated heterocycles. The Morgan fingerprint density at radius 3 is 2.91 bits per heavy atom. The van der Waals surface area contributed by atoms with Gasteiger partial charge >= 0.3 is 0 Å². The lowest BCUT2D eigenvalue weighted by molar-refractivity contribution is -0.132. The van der Waals surface area contributed by atoms with Crippen LogP contribution >= 0.6 is 11.8 Å². The molecule has 22 heavy (non-hydrogen) atoms. The van der Waals surface area contributed by atoms with Gasteiger partial charge in [-0.2, -0.15) is 0 Å². The summed E-state index contributed by atoms with van der Waals surface area (Å²) in [7, 11) is 0. The second-order valence-corrected chi connectivity index (χ2v) is 5.84. The first-order valence-electron chi connectivity index (χ1n) is 7.14. The van der Waals surface area contributed by atoms with Gasteiger partial charge < -0.3 is 9.64 Å². The SMILES string of the molecule is CCc1cc(=O)[nH]c2nnc(SCC(=O)N3CCOCC3)n12. The second-order valence-electron chi connectivity index (χ2n) is 4.90. The summed E-state index contributed by atoms with van der Waals surface area (Å²) in [6.07, 6.45) is 0.684. The zero-order valence-corrected chi connectivity index (χ0v) is 13.1. The molecule has 1 aliphatic heterocycles. The Labute approximate surface area is 130 Å². The van der Waals surface area contributed by atoms with Gasteiger partial charge in [0.25, 0.3) is 5.56 Å². The highest BCUT2D eigenvalue weighted by Gasteiger charge is 2.18. The summed E-state index contributed by atoms with van der Waals surface area (Å²) in [4.78, 5) is 28.1. The molecule has 3 rings (SSSR count). The van der Waals surface area contributed by atoms with E-state index in [-0.39, 0.29) is 11.5 Å². The Morgan fingerprint density at radius 1 is 1.41 bits per heavy atom.